The number of fused-ring (bicyclic) bond motifs is 1. The van der Waals surface area contributed by atoms with Gasteiger partial charge in [0.25, 0.3) is 0 Å². The predicted octanol–water partition coefficient (Wildman–Crippen LogP) is 5.04. The summed E-state index contributed by atoms with van der Waals surface area (Å²) in [7, 11) is 1.50. The molecule has 1 fully saturated rings. The van der Waals surface area contributed by atoms with Crippen LogP contribution in [0.3, 0.4) is 0 Å². The molecule has 1 heterocycles. The third kappa shape index (κ3) is 10.7. The molecule has 0 radical (unpaired) electrons. The van der Waals surface area contributed by atoms with Gasteiger partial charge in [0.15, 0.2) is 5.92 Å². The van der Waals surface area contributed by atoms with Gasteiger partial charge in [-0.05, 0) is 73.2 Å². The molecular formula is C43H50FN5O7. The first kappa shape index (κ1) is 41.3. The fourth-order valence-electron chi connectivity index (χ4n) is 6.84. The van der Waals surface area contributed by atoms with Gasteiger partial charge in [0.1, 0.15) is 30.1 Å². The zero-order valence-corrected chi connectivity index (χ0v) is 32.2. The van der Waals surface area contributed by atoms with E-state index < -0.39 is 59.3 Å². The Morgan fingerprint density at radius 2 is 1.57 bits per heavy atom. The highest BCUT2D eigenvalue weighted by molar-refractivity contribution is 6.01. The van der Waals surface area contributed by atoms with Gasteiger partial charge < -0.3 is 35.6 Å². The number of rotatable bonds is 14. The molecule has 1 aliphatic heterocycles. The Kier molecular flexibility index (Phi) is 13.8. The Morgan fingerprint density at radius 3 is 2.25 bits per heavy atom. The summed E-state index contributed by atoms with van der Waals surface area (Å²) < 4.78 is 24.9. The zero-order valence-electron chi connectivity index (χ0n) is 32.2. The zero-order chi connectivity index (χ0) is 40.4. The Bertz CT molecular complexity index is 2000. The molecular weight excluding hydrogens is 717 g/mol. The van der Waals surface area contributed by atoms with Crippen LogP contribution in [0.5, 0.6) is 0 Å². The highest BCUT2D eigenvalue weighted by Crippen LogP contribution is 2.30. The lowest BCUT2D eigenvalue weighted by Crippen LogP contribution is -2.65. The smallest absolute Gasteiger partial charge is 0.407 e. The van der Waals surface area contributed by atoms with Crippen molar-refractivity contribution in [3.05, 3.63) is 120 Å². The number of nitrogens with two attached hydrogens (primary N) is 1. The predicted molar refractivity (Wildman–Crippen MR) is 209 cm³/mol. The molecule has 4 amide bonds. The SMILES string of the molecule is CNC(=O)C(Cc1ccc2ccccc2c1)N1CCN(C(=O)C(C(=O)OC(C)(C)C)C(N)c2ccc(F)cc2)C(CCCNC(=O)OCc2ccccc2)C1=O. The molecule has 296 valence electrons. The fraction of sp³-hybridized carbons (Fsp3) is 0.372. The maximum atomic E-state index is 14.6. The van der Waals surface area contributed by atoms with E-state index in [2.05, 4.69) is 10.6 Å². The number of nitrogens with one attached hydrogen (secondary N) is 2. The van der Waals surface area contributed by atoms with Crippen LogP contribution in [0.1, 0.15) is 56.3 Å². The largest absolute Gasteiger partial charge is 0.459 e. The second kappa shape index (κ2) is 18.7. The number of hydrogen-bond donors (Lipinski definition) is 3. The van der Waals surface area contributed by atoms with E-state index >= 15 is 0 Å². The summed E-state index contributed by atoms with van der Waals surface area (Å²) in [4.78, 5) is 71.9. The molecule has 4 N–H and O–H groups in total. The summed E-state index contributed by atoms with van der Waals surface area (Å²) >= 11 is 0. The molecule has 0 saturated carbocycles. The Hall–Kier alpha value is -5.82. The van der Waals surface area contributed by atoms with Crippen molar-refractivity contribution in [2.24, 2.45) is 11.7 Å². The molecule has 0 aromatic heterocycles. The van der Waals surface area contributed by atoms with Crippen LogP contribution in [0.2, 0.25) is 0 Å². The lowest BCUT2D eigenvalue weighted by Gasteiger charge is -2.44. The van der Waals surface area contributed by atoms with E-state index in [4.69, 9.17) is 15.2 Å². The lowest BCUT2D eigenvalue weighted by molar-refractivity contribution is -0.170. The van der Waals surface area contributed by atoms with Gasteiger partial charge in [-0.25, -0.2) is 9.18 Å². The first-order chi connectivity index (χ1) is 26.8. The van der Waals surface area contributed by atoms with Crippen molar-refractivity contribution in [1.29, 1.82) is 0 Å². The minimum atomic E-state index is -1.58. The van der Waals surface area contributed by atoms with Gasteiger partial charge in [0.05, 0.1) is 6.04 Å². The summed E-state index contributed by atoms with van der Waals surface area (Å²) in [6, 6.07) is 24.8. The molecule has 56 heavy (non-hydrogen) atoms. The molecule has 1 saturated heterocycles. The summed E-state index contributed by atoms with van der Waals surface area (Å²) in [6.07, 6.45) is -0.126. The highest BCUT2D eigenvalue weighted by Gasteiger charge is 2.47. The molecule has 0 aliphatic carbocycles. The Morgan fingerprint density at radius 1 is 0.893 bits per heavy atom. The van der Waals surface area contributed by atoms with Crippen LogP contribution in [-0.2, 0) is 41.7 Å². The maximum absolute atomic E-state index is 14.6. The summed E-state index contributed by atoms with van der Waals surface area (Å²) in [6.45, 7) is 5.13. The number of nitrogens with zero attached hydrogens (tertiary/aromatic N) is 2. The summed E-state index contributed by atoms with van der Waals surface area (Å²) in [5.74, 6) is -4.61. The second-order valence-corrected chi connectivity index (χ2v) is 14.8. The van der Waals surface area contributed by atoms with Gasteiger partial charge >= 0.3 is 12.1 Å². The van der Waals surface area contributed by atoms with Crippen molar-refractivity contribution >= 4 is 40.6 Å². The number of likely N-dealkylation sites (N-methyl/N-ethyl adjacent to an activating group) is 1. The second-order valence-electron chi connectivity index (χ2n) is 14.8. The number of benzene rings is 4. The molecule has 12 nitrogen and oxygen atoms in total. The monoisotopic (exact) mass is 767 g/mol. The third-order valence-electron chi connectivity index (χ3n) is 9.65. The number of hydrogen-bond acceptors (Lipinski definition) is 8. The summed E-state index contributed by atoms with van der Waals surface area (Å²) in [5, 5.41) is 7.40. The number of halogens is 1. The Labute approximate surface area is 326 Å². The number of ether oxygens (including phenoxy) is 2. The van der Waals surface area contributed by atoms with E-state index in [9.17, 15) is 28.4 Å². The third-order valence-corrected chi connectivity index (χ3v) is 9.65. The maximum Gasteiger partial charge on any atom is 0.407 e. The number of amides is 4. The van der Waals surface area contributed by atoms with Crippen molar-refractivity contribution < 1.29 is 37.8 Å². The molecule has 0 spiro atoms. The number of alkyl carbamates (subject to hydrolysis) is 1. The number of carbonyl (C=O) groups excluding carboxylic acids is 5. The molecule has 1 aliphatic rings. The fourth-order valence-corrected chi connectivity index (χ4v) is 6.84. The van der Waals surface area contributed by atoms with Crippen molar-refractivity contribution in [2.75, 3.05) is 26.7 Å². The van der Waals surface area contributed by atoms with Crippen molar-refractivity contribution in [3.63, 3.8) is 0 Å². The van der Waals surface area contributed by atoms with Crippen LogP contribution < -0.4 is 16.4 Å². The number of carbonyl (C=O) groups is 5. The molecule has 13 heteroatoms. The van der Waals surface area contributed by atoms with Gasteiger partial charge in [-0.1, -0.05) is 84.9 Å². The van der Waals surface area contributed by atoms with Crippen LogP contribution >= 0.6 is 0 Å². The van der Waals surface area contributed by atoms with Crippen molar-refractivity contribution in [2.45, 2.75) is 70.4 Å². The minimum absolute atomic E-state index is 0.0103. The van der Waals surface area contributed by atoms with E-state index in [0.29, 0.717) is 5.56 Å². The van der Waals surface area contributed by atoms with E-state index in [0.717, 1.165) is 21.9 Å². The summed E-state index contributed by atoms with van der Waals surface area (Å²) in [5.41, 5.74) is 7.61. The average Bonchev–Trinajstić information content (AvgIpc) is 3.18. The average molecular weight is 768 g/mol. The molecule has 4 atom stereocenters. The van der Waals surface area contributed by atoms with E-state index in [1.54, 1.807) is 20.8 Å². The molecule has 4 aromatic rings. The number of piperazine rings is 1. The molecule has 5 rings (SSSR count). The molecule has 0 bridgehead atoms. The first-order valence-electron chi connectivity index (χ1n) is 18.7. The van der Waals surface area contributed by atoms with Crippen LogP contribution in [0.15, 0.2) is 97.1 Å². The molecule has 4 unspecified atom stereocenters. The van der Waals surface area contributed by atoms with E-state index in [1.807, 2.05) is 72.8 Å². The minimum Gasteiger partial charge on any atom is -0.459 e. The van der Waals surface area contributed by atoms with Crippen LogP contribution in [0.4, 0.5) is 9.18 Å². The van der Waals surface area contributed by atoms with Crippen LogP contribution in [0.25, 0.3) is 10.8 Å². The standard InChI is InChI=1S/C43H50FN5O7/c1-43(2,3)56-41(53)36(37(45)31-18-20-33(44)21-19-31)40(52)48-23-24-49(35(38(50)46-4)26-29-16-17-30-13-8-9-14-32(30)25-29)39(51)34(48)15-10-22-47-42(54)55-27-28-11-6-5-7-12-28/h5-9,11-14,16-21,25,34-37H,10,15,22-24,26-27,45H2,1-4H3,(H,46,50)(H,47,54). The molecule has 4 aromatic carbocycles. The normalized spacial score (nSPS) is 16.1. The van der Waals surface area contributed by atoms with Crippen LogP contribution in [-0.4, -0.2) is 84.0 Å². The van der Waals surface area contributed by atoms with Gasteiger partial charge in [-0.2, -0.15) is 0 Å². The van der Waals surface area contributed by atoms with Gasteiger partial charge in [0, 0.05) is 33.1 Å². The quantitative estimate of drug-likeness (QED) is 0.0915. The number of esters is 1. The van der Waals surface area contributed by atoms with Crippen LogP contribution in [0, 0.1) is 11.7 Å². The van der Waals surface area contributed by atoms with Crippen molar-refractivity contribution in [3.8, 4) is 0 Å². The van der Waals surface area contributed by atoms with Gasteiger partial charge in [0.2, 0.25) is 17.7 Å². The van der Waals surface area contributed by atoms with E-state index in [-0.39, 0.29) is 51.4 Å². The van der Waals surface area contributed by atoms with Gasteiger partial charge in [-0.3, -0.25) is 19.2 Å². The van der Waals surface area contributed by atoms with Crippen molar-refractivity contribution in [1.82, 2.24) is 20.4 Å². The van der Waals surface area contributed by atoms with E-state index in [1.165, 1.54) is 41.1 Å². The first-order valence-corrected chi connectivity index (χ1v) is 18.7. The Balaban J connectivity index is 1.41. The topological polar surface area (TPSA) is 160 Å². The lowest BCUT2D eigenvalue weighted by atomic mass is 9.90. The highest BCUT2D eigenvalue weighted by atomic mass is 19.1. The van der Waals surface area contributed by atoms with Gasteiger partial charge in [-0.15, -0.1) is 0 Å².